The van der Waals surface area contributed by atoms with Crippen LogP contribution in [-0.4, -0.2) is 16.1 Å². The van der Waals surface area contributed by atoms with Crippen LogP contribution in [0.4, 0.5) is 0 Å². The summed E-state index contributed by atoms with van der Waals surface area (Å²) in [7, 11) is 0. The van der Waals surface area contributed by atoms with Crippen molar-refractivity contribution in [2.45, 2.75) is 10.1 Å². The summed E-state index contributed by atoms with van der Waals surface area (Å²) in [5.41, 5.74) is 1.62. The fraction of sp³-hybridized carbons (Fsp3) is 0.0588. The highest BCUT2D eigenvalue weighted by atomic mass is 32.2. The number of rotatable bonds is 4. The van der Waals surface area contributed by atoms with Crippen LogP contribution in [0.2, 0.25) is 0 Å². The van der Waals surface area contributed by atoms with E-state index in [0.717, 1.165) is 21.4 Å². The number of pyridine rings is 1. The first-order chi connectivity index (χ1) is 10.3. The van der Waals surface area contributed by atoms with E-state index < -0.39 is 11.2 Å². The third kappa shape index (κ3) is 2.90. The molecular formula is C17H13NO2S. The first kappa shape index (κ1) is 13.6. The standard InChI is InChI=1S/C17H13NO2S/c19-17(20)16(13-6-2-1-3-7-13)21-14-10-4-8-12-9-5-11-18-15(12)14/h1-11,16H,(H,19,20)/t16-/m1/s1. The molecule has 104 valence electrons. The Morgan fingerprint density at radius 2 is 1.76 bits per heavy atom. The number of hydrogen-bond acceptors (Lipinski definition) is 3. The quantitative estimate of drug-likeness (QED) is 0.734. The predicted molar refractivity (Wildman–Crippen MR) is 84.4 cm³/mol. The molecule has 4 heteroatoms. The number of carboxylic acids is 1. The third-order valence-corrected chi connectivity index (χ3v) is 4.46. The Bertz CT molecular complexity index is 769. The monoisotopic (exact) mass is 295 g/mol. The van der Waals surface area contributed by atoms with Crippen molar-refractivity contribution in [2.75, 3.05) is 0 Å². The minimum absolute atomic E-state index is 0.640. The Morgan fingerprint density at radius 3 is 2.52 bits per heavy atom. The number of hydrogen-bond donors (Lipinski definition) is 1. The van der Waals surface area contributed by atoms with Gasteiger partial charge in [-0.25, -0.2) is 0 Å². The van der Waals surface area contributed by atoms with Crippen LogP contribution in [-0.2, 0) is 4.79 Å². The molecule has 3 aromatic rings. The lowest BCUT2D eigenvalue weighted by atomic mass is 10.1. The van der Waals surface area contributed by atoms with Crippen LogP contribution in [0.15, 0.2) is 71.8 Å². The highest BCUT2D eigenvalue weighted by molar-refractivity contribution is 8.00. The lowest BCUT2D eigenvalue weighted by molar-refractivity contribution is -0.136. The largest absolute Gasteiger partial charge is 0.480 e. The van der Waals surface area contributed by atoms with Crippen molar-refractivity contribution in [3.63, 3.8) is 0 Å². The predicted octanol–water partition coefficient (Wildman–Crippen LogP) is 4.15. The molecular weight excluding hydrogens is 282 g/mol. The van der Waals surface area contributed by atoms with E-state index in [2.05, 4.69) is 4.98 Å². The topological polar surface area (TPSA) is 50.2 Å². The Labute approximate surface area is 126 Å². The molecule has 1 aromatic heterocycles. The Morgan fingerprint density at radius 1 is 1.00 bits per heavy atom. The molecule has 1 atom stereocenters. The summed E-state index contributed by atoms with van der Waals surface area (Å²) >= 11 is 1.32. The van der Waals surface area contributed by atoms with Gasteiger partial charge in [0, 0.05) is 16.5 Å². The van der Waals surface area contributed by atoms with Gasteiger partial charge in [-0.3, -0.25) is 9.78 Å². The molecule has 0 aliphatic rings. The van der Waals surface area contributed by atoms with Crippen molar-refractivity contribution in [2.24, 2.45) is 0 Å². The van der Waals surface area contributed by atoms with Gasteiger partial charge in [-0.1, -0.05) is 48.5 Å². The van der Waals surface area contributed by atoms with Crippen molar-refractivity contribution in [3.8, 4) is 0 Å². The van der Waals surface area contributed by atoms with E-state index in [0.29, 0.717) is 0 Å². The first-order valence-electron chi connectivity index (χ1n) is 6.54. The number of carboxylic acid groups (broad SMARTS) is 1. The normalized spacial score (nSPS) is 12.2. The lowest BCUT2D eigenvalue weighted by Crippen LogP contribution is -2.07. The lowest BCUT2D eigenvalue weighted by Gasteiger charge is -2.13. The molecule has 0 aliphatic carbocycles. The van der Waals surface area contributed by atoms with Crippen LogP contribution in [0.1, 0.15) is 10.8 Å². The van der Waals surface area contributed by atoms with Gasteiger partial charge in [-0.2, -0.15) is 0 Å². The van der Waals surface area contributed by atoms with Crippen LogP contribution < -0.4 is 0 Å². The molecule has 0 bridgehead atoms. The SMILES string of the molecule is O=C(O)[C@H](Sc1cccc2cccnc12)c1ccccc1. The summed E-state index contributed by atoms with van der Waals surface area (Å²) in [4.78, 5) is 16.9. The molecule has 0 fully saturated rings. The van der Waals surface area contributed by atoms with Crippen molar-refractivity contribution < 1.29 is 9.90 Å². The second-order valence-electron chi connectivity index (χ2n) is 4.58. The maximum absolute atomic E-state index is 11.6. The van der Waals surface area contributed by atoms with Crippen LogP contribution in [0.25, 0.3) is 10.9 Å². The highest BCUT2D eigenvalue weighted by Crippen LogP contribution is 2.38. The van der Waals surface area contributed by atoms with Crippen LogP contribution in [0, 0.1) is 0 Å². The molecule has 0 unspecified atom stereocenters. The van der Waals surface area contributed by atoms with E-state index in [1.807, 2.05) is 60.7 Å². The summed E-state index contributed by atoms with van der Waals surface area (Å²) in [6.45, 7) is 0. The van der Waals surface area contributed by atoms with Gasteiger partial charge in [0.25, 0.3) is 0 Å². The van der Waals surface area contributed by atoms with E-state index in [-0.39, 0.29) is 0 Å². The molecule has 21 heavy (non-hydrogen) atoms. The number of aliphatic carboxylic acids is 1. The van der Waals surface area contributed by atoms with Crippen LogP contribution >= 0.6 is 11.8 Å². The smallest absolute Gasteiger partial charge is 0.321 e. The summed E-state index contributed by atoms with van der Waals surface area (Å²) < 4.78 is 0. The van der Waals surface area contributed by atoms with Gasteiger partial charge >= 0.3 is 5.97 Å². The van der Waals surface area contributed by atoms with E-state index in [1.165, 1.54) is 11.8 Å². The zero-order valence-electron chi connectivity index (χ0n) is 11.1. The van der Waals surface area contributed by atoms with Gasteiger partial charge in [-0.05, 0) is 17.7 Å². The highest BCUT2D eigenvalue weighted by Gasteiger charge is 2.22. The zero-order chi connectivity index (χ0) is 14.7. The molecule has 1 N–H and O–H groups in total. The third-order valence-electron chi connectivity index (χ3n) is 3.17. The average molecular weight is 295 g/mol. The number of nitrogens with zero attached hydrogens (tertiary/aromatic N) is 1. The van der Waals surface area contributed by atoms with Gasteiger partial charge in [0.2, 0.25) is 0 Å². The molecule has 0 spiro atoms. The Hall–Kier alpha value is -2.33. The minimum atomic E-state index is -0.848. The van der Waals surface area contributed by atoms with Gasteiger partial charge in [-0.15, -0.1) is 11.8 Å². The number of aromatic nitrogens is 1. The fourth-order valence-corrected chi connectivity index (χ4v) is 3.27. The number of thioether (sulfide) groups is 1. The summed E-state index contributed by atoms with van der Waals surface area (Å²) in [5, 5.41) is 9.89. The molecule has 3 nitrogen and oxygen atoms in total. The van der Waals surface area contributed by atoms with Crippen LogP contribution in [0.3, 0.4) is 0 Å². The Balaban J connectivity index is 2.01. The van der Waals surface area contributed by atoms with Crippen molar-refractivity contribution in [1.82, 2.24) is 4.98 Å². The molecule has 3 rings (SSSR count). The van der Waals surface area contributed by atoms with E-state index in [4.69, 9.17) is 0 Å². The summed E-state index contributed by atoms with van der Waals surface area (Å²) in [6, 6.07) is 18.9. The first-order valence-corrected chi connectivity index (χ1v) is 7.42. The number of benzene rings is 2. The molecule has 0 aliphatic heterocycles. The van der Waals surface area contributed by atoms with E-state index >= 15 is 0 Å². The molecule has 0 saturated carbocycles. The van der Waals surface area contributed by atoms with Crippen molar-refractivity contribution in [1.29, 1.82) is 0 Å². The number of fused-ring (bicyclic) bond motifs is 1. The fourth-order valence-electron chi connectivity index (χ4n) is 2.19. The number of para-hydroxylation sites is 1. The maximum atomic E-state index is 11.6. The molecule has 1 heterocycles. The van der Waals surface area contributed by atoms with Crippen LogP contribution in [0.5, 0.6) is 0 Å². The summed E-state index contributed by atoms with van der Waals surface area (Å²) in [5.74, 6) is -0.848. The Kier molecular flexibility index (Phi) is 3.88. The molecule has 0 saturated heterocycles. The number of carbonyl (C=O) groups is 1. The van der Waals surface area contributed by atoms with Gasteiger partial charge in [0.15, 0.2) is 0 Å². The molecule has 0 amide bonds. The van der Waals surface area contributed by atoms with Gasteiger partial charge in [0.1, 0.15) is 5.25 Å². The molecule has 2 aromatic carbocycles. The zero-order valence-corrected chi connectivity index (χ0v) is 12.0. The molecule has 0 radical (unpaired) electrons. The average Bonchev–Trinajstić information content (AvgIpc) is 2.53. The minimum Gasteiger partial charge on any atom is -0.480 e. The van der Waals surface area contributed by atoms with Gasteiger partial charge < -0.3 is 5.11 Å². The summed E-state index contributed by atoms with van der Waals surface area (Å²) in [6.07, 6.45) is 1.73. The van der Waals surface area contributed by atoms with Gasteiger partial charge in [0.05, 0.1) is 5.52 Å². The van der Waals surface area contributed by atoms with Crippen molar-refractivity contribution in [3.05, 3.63) is 72.4 Å². The second kappa shape index (κ2) is 5.97. The maximum Gasteiger partial charge on any atom is 0.321 e. The van der Waals surface area contributed by atoms with E-state index in [1.54, 1.807) is 6.20 Å². The van der Waals surface area contributed by atoms with Crippen molar-refractivity contribution >= 4 is 28.6 Å². The second-order valence-corrected chi connectivity index (χ2v) is 5.73. The van der Waals surface area contributed by atoms with E-state index in [9.17, 15) is 9.90 Å².